The topological polar surface area (TPSA) is 51.0 Å². The molecule has 5 nitrogen and oxygen atoms in total. The quantitative estimate of drug-likeness (QED) is 0.496. The lowest BCUT2D eigenvalue weighted by atomic mass is 9.95. The van der Waals surface area contributed by atoms with Crippen molar-refractivity contribution in [1.82, 2.24) is 14.8 Å². The highest BCUT2D eigenvalue weighted by Gasteiger charge is 2.31. The molecular weight excluding hydrogens is 372 g/mol. The molecule has 148 valence electrons. The summed E-state index contributed by atoms with van der Waals surface area (Å²) in [6.45, 7) is 2.11. The Labute approximate surface area is 175 Å². The molecule has 1 aliphatic heterocycles. The summed E-state index contributed by atoms with van der Waals surface area (Å²) in [5.41, 5.74) is 5.16. The largest absolute Gasteiger partial charge is 0.305 e. The molecule has 0 bridgehead atoms. The third-order valence-corrected chi connectivity index (χ3v) is 5.64. The van der Waals surface area contributed by atoms with Crippen LogP contribution in [0.4, 0.5) is 5.69 Å². The number of aryl methyl sites for hydroxylation is 1. The molecule has 0 saturated heterocycles. The first-order valence-corrected chi connectivity index (χ1v) is 10.2. The molecule has 2 aromatic heterocycles. The lowest BCUT2D eigenvalue weighted by Crippen LogP contribution is -2.42. The van der Waals surface area contributed by atoms with E-state index < -0.39 is 0 Å². The first kappa shape index (κ1) is 18.3. The van der Waals surface area contributed by atoms with Gasteiger partial charge in [-0.25, -0.2) is 4.68 Å². The summed E-state index contributed by atoms with van der Waals surface area (Å²) in [5, 5.41) is 4.78. The molecule has 5 rings (SSSR count). The Morgan fingerprint density at radius 3 is 2.60 bits per heavy atom. The summed E-state index contributed by atoms with van der Waals surface area (Å²) in [6, 6.07) is 21.9. The van der Waals surface area contributed by atoms with Gasteiger partial charge in [0, 0.05) is 35.9 Å². The number of anilines is 1. The predicted molar refractivity (Wildman–Crippen MR) is 118 cm³/mol. The second-order valence-corrected chi connectivity index (χ2v) is 7.60. The number of aromatic nitrogens is 3. The number of carbonyl (C=O) groups excluding carboxylic acids is 1. The molecule has 1 atom stereocenters. The minimum absolute atomic E-state index is 0.0318. The normalized spacial score (nSPS) is 15.6. The van der Waals surface area contributed by atoms with Crippen LogP contribution < -0.4 is 4.90 Å². The summed E-state index contributed by atoms with van der Waals surface area (Å²) in [5.74, 6) is -0.0318. The van der Waals surface area contributed by atoms with Crippen molar-refractivity contribution >= 4 is 11.6 Å². The van der Waals surface area contributed by atoms with Gasteiger partial charge in [0.25, 0.3) is 5.91 Å². The van der Waals surface area contributed by atoms with Crippen LogP contribution in [0.2, 0.25) is 0 Å². The van der Waals surface area contributed by atoms with Gasteiger partial charge in [-0.15, -0.1) is 0 Å². The molecule has 3 heterocycles. The van der Waals surface area contributed by atoms with Gasteiger partial charge in [-0.2, -0.15) is 5.10 Å². The summed E-state index contributed by atoms with van der Waals surface area (Å²) in [6.07, 6.45) is 7.24. The number of hydrogen-bond acceptors (Lipinski definition) is 3. The van der Waals surface area contributed by atoms with Gasteiger partial charge in [0.1, 0.15) is 5.69 Å². The molecule has 5 heteroatoms. The molecule has 0 unspecified atom stereocenters. The number of benzene rings is 2. The van der Waals surface area contributed by atoms with Crippen molar-refractivity contribution in [1.29, 1.82) is 0 Å². The fourth-order valence-corrected chi connectivity index (χ4v) is 4.09. The SMILES string of the molecule is C[C@H]1CCc2ccccc2N1C(=O)c1cn(-c2ccccc2)nc1-c1cccnc1. The van der Waals surface area contributed by atoms with Crippen molar-refractivity contribution in [2.24, 2.45) is 0 Å². The van der Waals surface area contributed by atoms with Crippen molar-refractivity contribution in [3.8, 4) is 16.9 Å². The van der Waals surface area contributed by atoms with E-state index in [4.69, 9.17) is 5.10 Å². The summed E-state index contributed by atoms with van der Waals surface area (Å²) in [4.78, 5) is 20.0. The van der Waals surface area contributed by atoms with Gasteiger partial charge in [-0.3, -0.25) is 9.78 Å². The smallest absolute Gasteiger partial charge is 0.262 e. The second kappa shape index (κ2) is 7.59. The zero-order chi connectivity index (χ0) is 20.5. The van der Waals surface area contributed by atoms with Crippen LogP contribution in [0.25, 0.3) is 16.9 Å². The van der Waals surface area contributed by atoms with Crippen LogP contribution in [-0.4, -0.2) is 26.7 Å². The van der Waals surface area contributed by atoms with Crippen LogP contribution in [0.15, 0.2) is 85.3 Å². The van der Waals surface area contributed by atoms with Gasteiger partial charge in [0.2, 0.25) is 0 Å². The third kappa shape index (κ3) is 3.18. The van der Waals surface area contributed by atoms with E-state index >= 15 is 0 Å². The molecule has 0 spiro atoms. The Hall–Kier alpha value is -3.73. The highest BCUT2D eigenvalue weighted by Crippen LogP contribution is 2.33. The zero-order valence-electron chi connectivity index (χ0n) is 16.8. The summed E-state index contributed by atoms with van der Waals surface area (Å²) < 4.78 is 1.77. The summed E-state index contributed by atoms with van der Waals surface area (Å²) >= 11 is 0. The minimum atomic E-state index is -0.0318. The third-order valence-electron chi connectivity index (χ3n) is 5.64. The van der Waals surface area contributed by atoms with Crippen LogP contribution in [-0.2, 0) is 6.42 Å². The number of hydrogen-bond donors (Lipinski definition) is 0. The number of para-hydroxylation sites is 2. The van der Waals surface area contributed by atoms with Crippen molar-refractivity contribution in [3.63, 3.8) is 0 Å². The minimum Gasteiger partial charge on any atom is -0.305 e. The number of carbonyl (C=O) groups is 1. The number of nitrogens with zero attached hydrogens (tertiary/aromatic N) is 4. The van der Waals surface area contributed by atoms with Crippen molar-refractivity contribution in [2.75, 3.05) is 4.90 Å². The standard InChI is InChI=1S/C25H22N4O/c1-18-13-14-19-8-5-6-12-23(19)29(18)25(30)22-17-28(21-10-3-2-4-11-21)27-24(22)20-9-7-15-26-16-20/h2-12,15-18H,13-14H2,1H3/t18-/m0/s1. The average Bonchev–Trinajstić information content (AvgIpc) is 3.25. The maximum atomic E-state index is 13.9. The molecule has 2 aromatic carbocycles. The molecule has 1 aliphatic rings. The van der Waals surface area contributed by atoms with Gasteiger partial charge in [0.15, 0.2) is 0 Å². The molecule has 0 aliphatic carbocycles. The Balaban J connectivity index is 1.65. The van der Waals surface area contributed by atoms with Crippen LogP contribution in [0.3, 0.4) is 0 Å². The number of rotatable bonds is 3. The molecule has 1 amide bonds. The Kier molecular flexibility index (Phi) is 4.64. The fourth-order valence-electron chi connectivity index (χ4n) is 4.09. The van der Waals surface area contributed by atoms with Gasteiger partial charge in [-0.05, 0) is 55.7 Å². The van der Waals surface area contributed by atoms with Gasteiger partial charge in [-0.1, -0.05) is 36.4 Å². The van der Waals surface area contributed by atoms with Gasteiger partial charge >= 0.3 is 0 Å². The lowest BCUT2D eigenvalue weighted by Gasteiger charge is -2.35. The van der Waals surface area contributed by atoms with E-state index in [1.54, 1.807) is 17.1 Å². The molecule has 0 N–H and O–H groups in total. The van der Waals surface area contributed by atoms with E-state index in [1.807, 2.05) is 71.8 Å². The van der Waals surface area contributed by atoms with Crippen molar-refractivity contribution in [3.05, 3.63) is 96.4 Å². The second-order valence-electron chi connectivity index (χ2n) is 7.60. The number of pyridine rings is 1. The Morgan fingerprint density at radius 1 is 1.00 bits per heavy atom. The van der Waals surface area contributed by atoms with E-state index in [2.05, 4.69) is 18.0 Å². The number of fused-ring (bicyclic) bond motifs is 1. The van der Waals surface area contributed by atoms with Crippen LogP contribution >= 0.6 is 0 Å². The van der Waals surface area contributed by atoms with Gasteiger partial charge in [0.05, 0.1) is 11.3 Å². The van der Waals surface area contributed by atoms with Crippen molar-refractivity contribution in [2.45, 2.75) is 25.8 Å². The van der Waals surface area contributed by atoms with E-state index in [0.29, 0.717) is 11.3 Å². The van der Waals surface area contributed by atoms with Crippen molar-refractivity contribution < 1.29 is 4.79 Å². The maximum absolute atomic E-state index is 13.9. The highest BCUT2D eigenvalue weighted by molar-refractivity contribution is 6.10. The van der Waals surface area contributed by atoms with E-state index in [1.165, 1.54) is 5.56 Å². The molecule has 0 saturated carbocycles. The molecule has 30 heavy (non-hydrogen) atoms. The first-order chi connectivity index (χ1) is 14.7. The van der Waals surface area contributed by atoms with Crippen LogP contribution in [0.5, 0.6) is 0 Å². The average molecular weight is 394 g/mol. The summed E-state index contributed by atoms with van der Waals surface area (Å²) in [7, 11) is 0. The van der Waals surface area contributed by atoms with E-state index in [9.17, 15) is 4.79 Å². The maximum Gasteiger partial charge on any atom is 0.262 e. The molecule has 4 aromatic rings. The molecule has 0 radical (unpaired) electrons. The van der Waals surface area contributed by atoms with Crippen LogP contribution in [0.1, 0.15) is 29.3 Å². The molecule has 0 fully saturated rings. The lowest BCUT2D eigenvalue weighted by molar-refractivity contribution is 0.0976. The highest BCUT2D eigenvalue weighted by atomic mass is 16.2. The number of amides is 1. The van der Waals surface area contributed by atoms with Gasteiger partial charge < -0.3 is 4.90 Å². The first-order valence-electron chi connectivity index (χ1n) is 10.2. The Morgan fingerprint density at radius 2 is 1.80 bits per heavy atom. The predicted octanol–water partition coefficient (Wildman–Crippen LogP) is 4.92. The molecular formula is C25H22N4O. The zero-order valence-corrected chi connectivity index (χ0v) is 16.8. The van der Waals surface area contributed by atoms with Crippen LogP contribution in [0, 0.1) is 0 Å². The van der Waals surface area contributed by atoms with E-state index in [-0.39, 0.29) is 11.9 Å². The van der Waals surface area contributed by atoms with E-state index in [0.717, 1.165) is 29.8 Å². The Bertz CT molecular complexity index is 1180. The monoisotopic (exact) mass is 394 g/mol. The fraction of sp³-hybridized carbons (Fsp3) is 0.160.